The Morgan fingerprint density at radius 3 is 2.43 bits per heavy atom. The number of benzene rings is 2. The van der Waals surface area contributed by atoms with Crippen molar-refractivity contribution in [2.75, 3.05) is 5.32 Å². The lowest BCUT2D eigenvalue weighted by Gasteiger charge is -2.07. The van der Waals surface area contributed by atoms with E-state index >= 15 is 0 Å². The molecular weight excluding hydrogens is 425 g/mol. The molecule has 1 amide bonds. The highest BCUT2D eigenvalue weighted by Crippen LogP contribution is 2.29. The number of rotatable bonds is 4. The van der Waals surface area contributed by atoms with Crippen molar-refractivity contribution in [2.45, 2.75) is 0 Å². The summed E-state index contributed by atoms with van der Waals surface area (Å²) in [7, 11) is 0. The van der Waals surface area contributed by atoms with Crippen LogP contribution in [0.4, 0.5) is 10.2 Å². The second-order valence-corrected chi connectivity index (χ2v) is 6.79. The van der Waals surface area contributed by atoms with Crippen LogP contribution in [0.2, 0.25) is 0 Å². The van der Waals surface area contributed by atoms with Gasteiger partial charge in [-0.3, -0.25) is 4.79 Å². The minimum absolute atomic E-state index is 0.229. The van der Waals surface area contributed by atoms with Crippen LogP contribution < -0.4 is 5.32 Å². The molecule has 0 aliphatic rings. The molecule has 4 rings (SSSR count). The molecule has 0 radical (unpaired) electrons. The fraction of sp³-hybridized carbons (Fsp3) is 0. The number of aromatic nitrogens is 2. The Bertz CT molecular complexity index is 1140. The Kier molecular flexibility index (Phi) is 4.99. The van der Waals surface area contributed by atoms with E-state index in [4.69, 9.17) is 4.42 Å². The van der Waals surface area contributed by atoms with E-state index in [9.17, 15) is 9.18 Å². The van der Waals surface area contributed by atoms with Crippen molar-refractivity contribution in [1.82, 2.24) is 9.97 Å². The van der Waals surface area contributed by atoms with Crippen LogP contribution in [0, 0.1) is 5.82 Å². The van der Waals surface area contributed by atoms with Crippen LogP contribution in [-0.2, 0) is 0 Å². The first-order valence-electron chi connectivity index (χ1n) is 8.35. The topological polar surface area (TPSA) is 68.0 Å². The van der Waals surface area contributed by atoms with Gasteiger partial charge in [-0.2, -0.15) is 0 Å². The van der Waals surface area contributed by atoms with E-state index in [1.165, 1.54) is 12.3 Å². The van der Waals surface area contributed by atoms with Crippen molar-refractivity contribution >= 4 is 27.7 Å². The third-order valence-electron chi connectivity index (χ3n) is 4.02. The summed E-state index contributed by atoms with van der Waals surface area (Å²) < 4.78 is 20.6. The van der Waals surface area contributed by atoms with Crippen molar-refractivity contribution in [1.29, 1.82) is 0 Å². The molecule has 0 aliphatic heterocycles. The van der Waals surface area contributed by atoms with Crippen molar-refractivity contribution in [3.8, 4) is 22.8 Å². The van der Waals surface area contributed by atoms with Gasteiger partial charge >= 0.3 is 0 Å². The average molecular weight is 438 g/mol. The van der Waals surface area contributed by atoms with Crippen molar-refractivity contribution in [3.63, 3.8) is 0 Å². The first-order chi connectivity index (χ1) is 13.6. The summed E-state index contributed by atoms with van der Waals surface area (Å²) in [6, 6.07) is 16.7. The molecule has 4 aromatic rings. The molecule has 0 fully saturated rings. The molecule has 2 aromatic carbocycles. The number of carbonyl (C=O) groups is 1. The number of amides is 1. The summed E-state index contributed by atoms with van der Waals surface area (Å²) in [5, 5.41) is 2.74. The second-order valence-electron chi connectivity index (χ2n) is 5.87. The van der Waals surface area contributed by atoms with Gasteiger partial charge < -0.3 is 9.73 Å². The number of carbonyl (C=O) groups excluding carboxylic acids is 1. The Balaban J connectivity index is 1.66. The van der Waals surface area contributed by atoms with Gasteiger partial charge in [-0.1, -0.05) is 24.3 Å². The zero-order chi connectivity index (χ0) is 19.5. The molecule has 5 nitrogen and oxygen atoms in total. The molecule has 7 heteroatoms. The van der Waals surface area contributed by atoms with Gasteiger partial charge in [0.15, 0.2) is 5.76 Å². The maximum absolute atomic E-state index is 14.0. The van der Waals surface area contributed by atoms with Gasteiger partial charge in [0.2, 0.25) is 5.89 Å². The maximum Gasteiger partial charge on any atom is 0.257 e. The Morgan fingerprint density at radius 1 is 0.929 bits per heavy atom. The molecule has 2 heterocycles. The van der Waals surface area contributed by atoms with Gasteiger partial charge in [0.1, 0.15) is 11.6 Å². The van der Waals surface area contributed by atoms with E-state index in [0.29, 0.717) is 22.5 Å². The first kappa shape index (κ1) is 18.1. The fourth-order valence-electron chi connectivity index (χ4n) is 2.69. The molecular formula is C21H13BrFN3O2. The third-order valence-corrected chi connectivity index (χ3v) is 4.49. The third kappa shape index (κ3) is 3.70. The van der Waals surface area contributed by atoms with Gasteiger partial charge in [-0.05, 0) is 52.3 Å². The predicted octanol–water partition coefficient (Wildman–Crippen LogP) is 5.56. The van der Waals surface area contributed by atoms with E-state index < -0.39 is 5.82 Å². The summed E-state index contributed by atoms with van der Waals surface area (Å²) in [5.74, 6) is 0.182. The SMILES string of the molecule is O=C(Nc1ccc(Br)cn1)c1ccccc1-c1ncc(-c2ccccc2F)o1. The number of hydrogen-bond donors (Lipinski definition) is 1. The van der Waals surface area contributed by atoms with E-state index in [0.717, 1.165) is 4.47 Å². The zero-order valence-electron chi connectivity index (χ0n) is 14.4. The van der Waals surface area contributed by atoms with Gasteiger partial charge in [-0.25, -0.2) is 14.4 Å². The quantitative estimate of drug-likeness (QED) is 0.453. The minimum atomic E-state index is -0.405. The summed E-state index contributed by atoms with van der Waals surface area (Å²) in [6.45, 7) is 0. The lowest BCUT2D eigenvalue weighted by molar-refractivity contribution is 0.102. The highest BCUT2D eigenvalue weighted by Gasteiger charge is 2.18. The monoisotopic (exact) mass is 437 g/mol. The molecule has 0 saturated heterocycles. The van der Waals surface area contributed by atoms with E-state index in [1.807, 2.05) is 0 Å². The predicted molar refractivity (Wildman–Crippen MR) is 107 cm³/mol. The van der Waals surface area contributed by atoms with Gasteiger partial charge in [-0.15, -0.1) is 0 Å². The van der Waals surface area contributed by atoms with E-state index in [-0.39, 0.29) is 17.6 Å². The highest BCUT2D eigenvalue weighted by molar-refractivity contribution is 9.10. The molecule has 1 N–H and O–H groups in total. The van der Waals surface area contributed by atoms with Gasteiger partial charge in [0, 0.05) is 16.2 Å². The minimum Gasteiger partial charge on any atom is -0.436 e. The van der Waals surface area contributed by atoms with Crippen LogP contribution in [0.5, 0.6) is 0 Å². The lowest BCUT2D eigenvalue weighted by atomic mass is 10.1. The van der Waals surface area contributed by atoms with Crippen LogP contribution >= 0.6 is 15.9 Å². The molecule has 0 aliphatic carbocycles. The largest absolute Gasteiger partial charge is 0.436 e. The van der Waals surface area contributed by atoms with Crippen LogP contribution in [0.25, 0.3) is 22.8 Å². The normalized spacial score (nSPS) is 10.6. The summed E-state index contributed by atoms with van der Waals surface area (Å²) in [6.07, 6.45) is 3.04. The van der Waals surface area contributed by atoms with Crippen LogP contribution in [0.3, 0.4) is 0 Å². The molecule has 0 atom stereocenters. The van der Waals surface area contributed by atoms with E-state index in [2.05, 4.69) is 31.2 Å². The Hall–Kier alpha value is -3.32. The lowest BCUT2D eigenvalue weighted by Crippen LogP contribution is -2.14. The molecule has 28 heavy (non-hydrogen) atoms. The fourth-order valence-corrected chi connectivity index (χ4v) is 2.92. The Labute approximate surface area is 168 Å². The van der Waals surface area contributed by atoms with E-state index in [1.54, 1.807) is 60.8 Å². The number of pyridine rings is 1. The zero-order valence-corrected chi connectivity index (χ0v) is 16.0. The molecule has 2 aromatic heterocycles. The molecule has 138 valence electrons. The molecule has 0 bridgehead atoms. The van der Waals surface area contributed by atoms with Crippen LogP contribution in [0.1, 0.15) is 10.4 Å². The number of nitrogens with one attached hydrogen (secondary N) is 1. The standard InChI is InChI=1S/C21H13BrFN3O2/c22-13-9-10-19(24-11-13)26-20(27)14-5-1-2-6-15(14)21-25-12-18(28-21)16-7-3-4-8-17(16)23/h1-12H,(H,24,26,27). The second kappa shape index (κ2) is 7.74. The first-order valence-corrected chi connectivity index (χ1v) is 9.14. The summed E-state index contributed by atoms with van der Waals surface area (Å²) in [4.78, 5) is 21.1. The number of nitrogens with zero attached hydrogens (tertiary/aromatic N) is 2. The summed E-state index contributed by atoms with van der Waals surface area (Å²) in [5.41, 5.74) is 1.18. The summed E-state index contributed by atoms with van der Waals surface area (Å²) >= 11 is 3.30. The van der Waals surface area contributed by atoms with Crippen molar-refractivity contribution < 1.29 is 13.6 Å². The van der Waals surface area contributed by atoms with Crippen LogP contribution in [0.15, 0.2) is 81.9 Å². The van der Waals surface area contributed by atoms with Crippen molar-refractivity contribution in [3.05, 3.63) is 88.9 Å². The number of hydrogen-bond acceptors (Lipinski definition) is 4. The van der Waals surface area contributed by atoms with Gasteiger partial charge in [0.25, 0.3) is 5.91 Å². The number of oxazole rings is 1. The highest BCUT2D eigenvalue weighted by atomic mass is 79.9. The number of halogens is 2. The Morgan fingerprint density at radius 2 is 1.68 bits per heavy atom. The smallest absolute Gasteiger partial charge is 0.257 e. The van der Waals surface area contributed by atoms with Crippen molar-refractivity contribution in [2.24, 2.45) is 0 Å². The molecule has 0 saturated carbocycles. The molecule has 0 spiro atoms. The number of anilines is 1. The van der Waals surface area contributed by atoms with Gasteiger partial charge in [0.05, 0.1) is 17.3 Å². The maximum atomic E-state index is 14.0. The average Bonchev–Trinajstić information content (AvgIpc) is 3.20. The van der Waals surface area contributed by atoms with Crippen LogP contribution in [-0.4, -0.2) is 15.9 Å². The molecule has 0 unspecified atom stereocenters.